The first-order valence-electron chi connectivity index (χ1n) is 6.14. The van der Waals surface area contributed by atoms with Gasteiger partial charge in [0.15, 0.2) is 5.12 Å². The molecule has 0 spiro atoms. The molecule has 1 rings (SSSR count). The zero-order valence-electron chi connectivity index (χ0n) is 11.2. The molecule has 6 heteroatoms. The molecule has 1 atom stereocenters. The molecule has 1 aromatic rings. The van der Waals surface area contributed by atoms with E-state index in [2.05, 4.69) is 4.74 Å². The summed E-state index contributed by atoms with van der Waals surface area (Å²) >= 11 is 1.04. The molecule has 2 N–H and O–H groups in total. The van der Waals surface area contributed by atoms with Gasteiger partial charge in [-0.15, -0.1) is 0 Å². The minimum Gasteiger partial charge on any atom is -0.392 e. The molecule has 0 bridgehead atoms. The second kappa shape index (κ2) is 8.50. The molecule has 0 saturated carbocycles. The van der Waals surface area contributed by atoms with Crippen molar-refractivity contribution in [2.75, 3.05) is 12.3 Å². The smallest absolute Gasteiger partial charge is 0.327 e. The van der Waals surface area contributed by atoms with E-state index in [9.17, 15) is 14.4 Å². The number of thioether (sulfide) groups is 1. The zero-order valence-corrected chi connectivity index (χ0v) is 12.0. The molecule has 0 aliphatic heterocycles. The quantitative estimate of drug-likeness (QED) is 0.626. The topological polar surface area (TPSA) is 86.5 Å². The van der Waals surface area contributed by atoms with E-state index in [1.807, 2.05) is 30.3 Å². The van der Waals surface area contributed by atoms with Crippen molar-refractivity contribution in [3.05, 3.63) is 35.9 Å². The number of ether oxygens (including phenoxy) is 1. The summed E-state index contributed by atoms with van der Waals surface area (Å²) in [5, 5.41) is -0.0824. The molecule has 108 valence electrons. The van der Waals surface area contributed by atoms with Crippen LogP contribution in [-0.2, 0) is 25.5 Å². The van der Waals surface area contributed by atoms with Gasteiger partial charge in [0.05, 0.1) is 12.5 Å². The third kappa shape index (κ3) is 5.99. The first-order chi connectivity index (χ1) is 9.52. The minimum atomic E-state index is -0.763. The number of hydrogen-bond donors (Lipinski definition) is 1. The summed E-state index contributed by atoms with van der Waals surface area (Å²) in [5.74, 6) is -1.68. The molecular formula is C14H17NO4S. The highest BCUT2D eigenvalue weighted by Gasteiger charge is 2.23. The van der Waals surface area contributed by atoms with E-state index < -0.39 is 17.9 Å². The number of hydrogen-bond acceptors (Lipinski definition) is 6. The predicted octanol–water partition coefficient (Wildman–Crippen LogP) is 1.15. The Kier molecular flexibility index (Phi) is 6.97. The number of rotatable bonds is 6. The predicted molar refractivity (Wildman–Crippen MR) is 76.9 cm³/mol. The van der Waals surface area contributed by atoms with Crippen molar-refractivity contribution in [3.63, 3.8) is 0 Å². The van der Waals surface area contributed by atoms with Crippen molar-refractivity contribution in [1.82, 2.24) is 0 Å². The average Bonchev–Trinajstić information content (AvgIpc) is 2.44. The summed E-state index contributed by atoms with van der Waals surface area (Å²) in [7, 11) is 0. The summed E-state index contributed by atoms with van der Waals surface area (Å²) in [6.45, 7) is 1.09. The molecule has 0 aliphatic rings. The Bertz CT molecular complexity index is 475. The third-order valence-corrected chi connectivity index (χ3v) is 3.50. The van der Waals surface area contributed by atoms with Gasteiger partial charge in [0.2, 0.25) is 0 Å². The Morgan fingerprint density at radius 1 is 1.25 bits per heavy atom. The SMILES string of the molecule is CC(=O)SCC(Cc1ccccc1)C(=O)OC(=O)CN. The maximum Gasteiger partial charge on any atom is 0.327 e. The van der Waals surface area contributed by atoms with Gasteiger partial charge in [-0.3, -0.25) is 14.4 Å². The Morgan fingerprint density at radius 3 is 2.45 bits per heavy atom. The molecule has 1 unspecified atom stereocenters. The van der Waals surface area contributed by atoms with E-state index in [0.29, 0.717) is 6.42 Å². The minimum absolute atomic E-state index is 0.0824. The molecule has 0 radical (unpaired) electrons. The van der Waals surface area contributed by atoms with Crippen molar-refractivity contribution < 1.29 is 19.1 Å². The van der Waals surface area contributed by atoms with Gasteiger partial charge < -0.3 is 10.5 Å². The molecule has 20 heavy (non-hydrogen) atoms. The van der Waals surface area contributed by atoms with Crippen LogP contribution in [-0.4, -0.2) is 29.4 Å². The van der Waals surface area contributed by atoms with Crippen LogP contribution in [0, 0.1) is 5.92 Å². The average molecular weight is 295 g/mol. The Morgan fingerprint density at radius 2 is 1.90 bits per heavy atom. The Hall–Kier alpha value is -1.66. The van der Waals surface area contributed by atoms with Crippen LogP contribution in [0.2, 0.25) is 0 Å². The summed E-state index contributed by atoms with van der Waals surface area (Å²) in [6, 6.07) is 9.35. The van der Waals surface area contributed by atoms with Crippen LogP contribution in [0.25, 0.3) is 0 Å². The highest BCUT2D eigenvalue weighted by atomic mass is 32.2. The number of nitrogens with two attached hydrogens (primary N) is 1. The van der Waals surface area contributed by atoms with Crippen molar-refractivity contribution >= 4 is 28.8 Å². The van der Waals surface area contributed by atoms with Crippen molar-refractivity contribution in [2.45, 2.75) is 13.3 Å². The summed E-state index contributed by atoms with van der Waals surface area (Å²) in [4.78, 5) is 34.0. The largest absolute Gasteiger partial charge is 0.392 e. The molecule has 1 aromatic carbocycles. The van der Waals surface area contributed by atoms with E-state index >= 15 is 0 Å². The van der Waals surface area contributed by atoms with E-state index in [-0.39, 0.29) is 17.4 Å². The van der Waals surface area contributed by atoms with Crippen LogP contribution in [0.3, 0.4) is 0 Å². The normalized spacial score (nSPS) is 11.7. The van der Waals surface area contributed by atoms with Crippen molar-refractivity contribution in [2.24, 2.45) is 11.7 Å². The molecule has 0 saturated heterocycles. The maximum atomic E-state index is 11.9. The van der Waals surface area contributed by atoms with Crippen LogP contribution in [0.5, 0.6) is 0 Å². The van der Waals surface area contributed by atoms with Gasteiger partial charge in [-0.1, -0.05) is 42.1 Å². The highest BCUT2D eigenvalue weighted by Crippen LogP contribution is 2.17. The van der Waals surface area contributed by atoms with Gasteiger partial charge in [0.25, 0.3) is 0 Å². The fourth-order valence-corrected chi connectivity index (χ4v) is 2.25. The van der Waals surface area contributed by atoms with Gasteiger partial charge in [-0.05, 0) is 12.0 Å². The Balaban J connectivity index is 2.71. The second-order valence-electron chi connectivity index (χ2n) is 4.19. The molecule has 0 aliphatic carbocycles. The van der Waals surface area contributed by atoms with Crippen molar-refractivity contribution in [3.8, 4) is 0 Å². The number of carbonyl (C=O) groups is 3. The lowest BCUT2D eigenvalue weighted by Crippen LogP contribution is -2.28. The van der Waals surface area contributed by atoms with Gasteiger partial charge in [0.1, 0.15) is 0 Å². The summed E-state index contributed by atoms with van der Waals surface area (Å²) < 4.78 is 4.64. The molecule has 0 heterocycles. The third-order valence-electron chi connectivity index (χ3n) is 2.53. The van der Waals surface area contributed by atoms with Gasteiger partial charge >= 0.3 is 11.9 Å². The van der Waals surface area contributed by atoms with E-state index in [0.717, 1.165) is 17.3 Å². The van der Waals surface area contributed by atoms with Crippen LogP contribution < -0.4 is 5.73 Å². The number of benzene rings is 1. The molecule has 0 aromatic heterocycles. The fraction of sp³-hybridized carbons (Fsp3) is 0.357. The zero-order chi connectivity index (χ0) is 15.0. The lowest BCUT2D eigenvalue weighted by molar-refractivity contribution is -0.161. The lowest BCUT2D eigenvalue weighted by Gasteiger charge is -2.14. The molecule has 0 fully saturated rings. The second-order valence-corrected chi connectivity index (χ2v) is 5.38. The standard InChI is InChI=1S/C14H17NO4S/c1-10(16)20-9-12(14(18)19-13(17)8-15)7-11-5-3-2-4-6-11/h2-6,12H,7-9,15H2,1H3. The van der Waals surface area contributed by atoms with Crippen LogP contribution in [0.15, 0.2) is 30.3 Å². The van der Waals surface area contributed by atoms with E-state index in [1.165, 1.54) is 6.92 Å². The van der Waals surface area contributed by atoms with Gasteiger partial charge in [-0.2, -0.15) is 0 Å². The van der Waals surface area contributed by atoms with Gasteiger partial charge in [-0.25, -0.2) is 0 Å². The fourth-order valence-electron chi connectivity index (χ4n) is 1.56. The van der Waals surface area contributed by atoms with E-state index in [1.54, 1.807) is 0 Å². The summed E-state index contributed by atoms with van der Waals surface area (Å²) in [6.07, 6.45) is 0.414. The molecular weight excluding hydrogens is 278 g/mol. The van der Waals surface area contributed by atoms with Gasteiger partial charge in [0, 0.05) is 12.7 Å². The lowest BCUT2D eigenvalue weighted by atomic mass is 10.0. The Labute approximate surface area is 121 Å². The molecule has 0 amide bonds. The summed E-state index contributed by atoms with van der Waals surface area (Å²) in [5.41, 5.74) is 6.05. The highest BCUT2D eigenvalue weighted by molar-refractivity contribution is 8.13. The van der Waals surface area contributed by atoms with Crippen LogP contribution in [0.4, 0.5) is 0 Å². The van der Waals surface area contributed by atoms with Crippen molar-refractivity contribution in [1.29, 1.82) is 0 Å². The maximum absolute atomic E-state index is 11.9. The first kappa shape index (κ1) is 16.4. The van der Waals surface area contributed by atoms with E-state index in [4.69, 9.17) is 5.73 Å². The number of carbonyl (C=O) groups excluding carboxylic acids is 3. The van der Waals surface area contributed by atoms with Crippen LogP contribution in [0.1, 0.15) is 12.5 Å². The first-order valence-corrected chi connectivity index (χ1v) is 7.13. The molecule has 5 nitrogen and oxygen atoms in total. The number of esters is 2. The van der Waals surface area contributed by atoms with Crippen LogP contribution >= 0.6 is 11.8 Å². The monoisotopic (exact) mass is 295 g/mol.